The van der Waals surface area contributed by atoms with Crippen LogP contribution in [0.2, 0.25) is 0 Å². The molecule has 0 atom stereocenters. The average Bonchev–Trinajstić information content (AvgIpc) is 3.02. The molecule has 0 unspecified atom stereocenters. The number of para-hydroxylation sites is 2. The zero-order valence-corrected chi connectivity index (χ0v) is 23.2. The van der Waals surface area contributed by atoms with Crippen LogP contribution in [0, 0.1) is 0 Å². The Morgan fingerprint density at radius 2 is 0.854 bits per heavy atom. The van der Waals surface area contributed by atoms with Crippen molar-refractivity contribution in [3.8, 4) is 0 Å². The Morgan fingerprint density at radius 3 is 1.32 bits per heavy atom. The number of fused-ring (bicyclic) bond motifs is 2. The summed E-state index contributed by atoms with van der Waals surface area (Å²) in [5, 5.41) is 2.33. The Balaban J connectivity index is 1.17. The molecular weight excluding hydrogens is 504 g/mol. The molecule has 41 heavy (non-hydrogen) atoms. The maximum Gasteiger partial charge on any atom is 0.0705 e. The predicted octanol–water partition coefficient (Wildman–Crippen LogP) is 6.67. The van der Waals surface area contributed by atoms with Gasteiger partial charge >= 0.3 is 0 Å². The highest BCUT2D eigenvalue weighted by Crippen LogP contribution is 2.17. The minimum Gasteiger partial charge on any atom is -0.292 e. The summed E-state index contributed by atoms with van der Waals surface area (Å²) in [6.45, 7) is 4.95. The van der Waals surface area contributed by atoms with Crippen molar-refractivity contribution in [1.29, 1.82) is 0 Å². The van der Waals surface area contributed by atoms with Crippen molar-refractivity contribution >= 4 is 21.8 Å². The van der Waals surface area contributed by atoms with Gasteiger partial charge in [-0.25, -0.2) is 0 Å². The minimum absolute atomic E-state index is 0.772. The summed E-state index contributed by atoms with van der Waals surface area (Å²) in [7, 11) is 0. The van der Waals surface area contributed by atoms with Gasteiger partial charge in [-0.05, 0) is 55.0 Å². The second-order valence-corrected chi connectivity index (χ2v) is 10.4. The number of hydrogen-bond donors (Lipinski definition) is 0. The van der Waals surface area contributed by atoms with Crippen molar-refractivity contribution in [2.24, 2.45) is 0 Å². The molecule has 0 spiro atoms. The Bertz CT molecular complexity index is 1560. The molecule has 0 saturated heterocycles. The van der Waals surface area contributed by atoms with Gasteiger partial charge in [-0.2, -0.15) is 0 Å². The first-order valence-corrected chi connectivity index (χ1v) is 14.2. The highest BCUT2D eigenvalue weighted by atomic mass is 15.2. The van der Waals surface area contributed by atoms with Crippen molar-refractivity contribution < 1.29 is 0 Å². The average molecular weight is 539 g/mol. The zero-order valence-electron chi connectivity index (χ0n) is 23.2. The van der Waals surface area contributed by atoms with E-state index in [0.29, 0.717) is 0 Å². The van der Waals surface area contributed by atoms with Gasteiger partial charge in [0.2, 0.25) is 0 Å². The maximum atomic E-state index is 4.95. The van der Waals surface area contributed by atoms with Gasteiger partial charge in [-0.3, -0.25) is 29.7 Å². The van der Waals surface area contributed by atoms with Crippen LogP contribution in [0.1, 0.15) is 29.2 Å². The van der Waals surface area contributed by atoms with Gasteiger partial charge in [0.15, 0.2) is 0 Å². The number of hydrogen-bond acceptors (Lipinski definition) is 6. The minimum atomic E-state index is 0.772. The fourth-order valence-electron chi connectivity index (χ4n) is 5.24. The fraction of sp³-hybridized carbons (Fsp3) is 0.200. The van der Waals surface area contributed by atoms with E-state index in [1.807, 2.05) is 36.7 Å². The van der Waals surface area contributed by atoms with E-state index in [0.717, 1.165) is 79.5 Å². The molecule has 4 heterocycles. The fourth-order valence-corrected chi connectivity index (χ4v) is 5.24. The van der Waals surface area contributed by atoms with Crippen LogP contribution in [0.3, 0.4) is 0 Å². The molecule has 6 rings (SSSR count). The standard InChI is InChI=1S/C35H34N6/c1-3-14-34-28(10-1)16-18-32(38-34)26-40(24-30-12-5-7-20-36-30)22-9-23-41(25-31-13-6-8-21-37-31)27-33-19-17-29-11-2-4-15-35(29)39-33/h1-8,10-21H,9,22-27H2. The van der Waals surface area contributed by atoms with E-state index in [4.69, 9.17) is 9.97 Å². The highest BCUT2D eigenvalue weighted by molar-refractivity contribution is 5.79. The third kappa shape index (κ3) is 7.37. The van der Waals surface area contributed by atoms with Gasteiger partial charge in [0.1, 0.15) is 0 Å². The molecule has 0 bridgehead atoms. The van der Waals surface area contributed by atoms with E-state index in [-0.39, 0.29) is 0 Å². The summed E-state index contributed by atoms with van der Waals surface area (Å²) in [6.07, 6.45) is 4.74. The number of pyridine rings is 4. The van der Waals surface area contributed by atoms with Gasteiger partial charge in [0.05, 0.1) is 33.8 Å². The molecule has 2 aromatic carbocycles. The molecule has 0 amide bonds. The van der Waals surface area contributed by atoms with Crippen LogP contribution in [0.15, 0.2) is 122 Å². The number of aromatic nitrogens is 4. The number of nitrogens with zero attached hydrogens (tertiary/aromatic N) is 6. The lowest BCUT2D eigenvalue weighted by atomic mass is 10.2. The lowest BCUT2D eigenvalue weighted by Crippen LogP contribution is -2.30. The lowest BCUT2D eigenvalue weighted by Gasteiger charge is -2.25. The summed E-state index contributed by atoms with van der Waals surface area (Å²) < 4.78 is 0. The second-order valence-electron chi connectivity index (χ2n) is 10.4. The number of rotatable bonds is 12. The first-order valence-electron chi connectivity index (χ1n) is 14.2. The van der Waals surface area contributed by atoms with E-state index in [2.05, 4.69) is 105 Å². The van der Waals surface area contributed by atoms with E-state index < -0.39 is 0 Å². The van der Waals surface area contributed by atoms with Crippen molar-refractivity contribution in [2.45, 2.75) is 32.6 Å². The van der Waals surface area contributed by atoms with E-state index in [1.165, 1.54) is 10.8 Å². The van der Waals surface area contributed by atoms with Crippen LogP contribution in [0.5, 0.6) is 0 Å². The molecule has 6 aromatic rings. The summed E-state index contributed by atoms with van der Waals surface area (Å²) in [6, 6.07) is 37.5. The first-order chi connectivity index (χ1) is 20.3. The van der Waals surface area contributed by atoms with Gasteiger partial charge in [-0.1, -0.05) is 60.7 Å². The van der Waals surface area contributed by atoms with E-state index in [1.54, 1.807) is 0 Å². The van der Waals surface area contributed by atoms with E-state index >= 15 is 0 Å². The second kappa shape index (κ2) is 13.2. The Kier molecular flexibility index (Phi) is 8.61. The molecule has 6 heteroatoms. The predicted molar refractivity (Wildman–Crippen MR) is 165 cm³/mol. The molecule has 204 valence electrons. The molecule has 0 saturated carbocycles. The molecule has 4 aromatic heterocycles. The van der Waals surface area contributed by atoms with Crippen LogP contribution in [0.25, 0.3) is 21.8 Å². The first kappa shape index (κ1) is 26.7. The van der Waals surface area contributed by atoms with Gasteiger partial charge in [0, 0.05) is 62.4 Å². The van der Waals surface area contributed by atoms with Crippen LogP contribution in [-0.4, -0.2) is 42.8 Å². The van der Waals surface area contributed by atoms with Crippen molar-refractivity contribution in [2.75, 3.05) is 13.1 Å². The van der Waals surface area contributed by atoms with Crippen LogP contribution in [-0.2, 0) is 26.2 Å². The Hall–Kier alpha value is -4.52. The molecule has 0 aliphatic heterocycles. The summed E-state index contributed by atoms with van der Waals surface area (Å²) >= 11 is 0. The molecular formula is C35H34N6. The maximum absolute atomic E-state index is 4.95. The molecule has 6 nitrogen and oxygen atoms in total. The monoisotopic (exact) mass is 538 g/mol. The molecule has 0 fully saturated rings. The molecule has 0 aliphatic rings. The summed E-state index contributed by atoms with van der Waals surface area (Å²) in [4.78, 5) is 24.0. The number of benzene rings is 2. The Labute approximate surface area is 241 Å². The summed E-state index contributed by atoms with van der Waals surface area (Å²) in [5.74, 6) is 0. The Morgan fingerprint density at radius 1 is 0.415 bits per heavy atom. The van der Waals surface area contributed by atoms with Gasteiger partial charge in [0.25, 0.3) is 0 Å². The zero-order chi connectivity index (χ0) is 27.7. The quantitative estimate of drug-likeness (QED) is 0.174. The van der Waals surface area contributed by atoms with Gasteiger partial charge in [-0.15, -0.1) is 0 Å². The van der Waals surface area contributed by atoms with Crippen molar-refractivity contribution in [3.63, 3.8) is 0 Å². The summed E-state index contributed by atoms with van der Waals surface area (Å²) in [5.41, 5.74) is 6.35. The third-order valence-corrected chi connectivity index (χ3v) is 7.26. The molecule has 0 radical (unpaired) electrons. The van der Waals surface area contributed by atoms with Crippen molar-refractivity contribution in [1.82, 2.24) is 29.7 Å². The van der Waals surface area contributed by atoms with Crippen LogP contribution >= 0.6 is 0 Å². The highest BCUT2D eigenvalue weighted by Gasteiger charge is 2.13. The van der Waals surface area contributed by atoms with Gasteiger partial charge < -0.3 is 0 Å². The lowest BCUT2D eigenvalue weighted by molar-refractivity contribution is 0.202. The van der Waals surface area contributed by atoms with Crippen LogP contribution in [0.4, 0.5) is 0 Å². The largest absolute Gasteiger partial charge is 0.292 e. The molecule has 0 N–H and O–H groups in total. The van der Waals surface area contributed by atoms with E-state index in [9.17, 15) is 0 Å². The molecule has 0 aliphatic carbocycles. The normalized spacial score (nSPS) is 11.6. The van der Waals surface area contributed by atoms with Crippen molar-refractivity contribution in [3.05, 3.63) is 144 Å². The third-order valence-electron chi connectivity index (χ3n) is 7.26. The topological polar surface area (TPSA) is 58.0 Å². The smallest absolute Gasteiger partial charge is 0.0705 e. The SMILES string of the molecule is c1ccc(CN(CCCN(Cc2ccccn2)Cc2ccc3ccccc3n2)Cc2ccc3ccccc3n2)nc1. The van der Waals surface area contributed by atoms with Crippen LogP contribution < -0.4 is 0 Å².